The lowest BCUT2D eigenvalue weighted by molar-refractivity contribution is 0.335. The van der Waals surface area contributed by atoms with Crippen LogP contribution in [-0.4, -0.2) is 22.7 Å². The van der Waals surface area contributed by atoms with Gasteiger partial charge in [0.1, 0.15) is 5.75 Å². The SMILES string of the molecule is CCNC(C)c1ccc(OCC)c(Cn2ccnc2)c1. The zero-order valence-corrected chi connectivity index (χ0v) is 12.5. The van der Waals surface area contributed by atoms with Gasteiger partial charge in [-0.05, 0) is 38.1 Å². The van der Waals surface area contributed by atoms with Gasteiger partial charge in [0.05, 0.1) is 19.5 Å². The summed E-state index contributed by atoms with van der Waals surface area (Å²) < 4.78 is 7.78. The number of nitrogens with zero attached hydrogens (tertiary/aromatic N) is 2. The Kier molecular flexibility index (Phi) is 5.18. The van der Waals surface area contributed by atoms with Crippen LogP contribution in [-0.2, 0) is 6.54 Å². The lowest BCUT2D eigenvalue weighted by atomic mass is 10.0. The molecule has 1 N–H and O–H groups in total. The number of imidazole rings is 1. The van der Waals surface area contributed by atoms with Crippen LogP contribution in [0.4, 0.5) is 0 Å². The first kappa shape index (κ1) is 14.6. The zero-order chi connectivity index (χ0) is 14.4. The molecule has 0 saturated heterocycles. The van der Waals surface area contributed by atoms with Crippen LogP contribution in [0.3, 0.4) is 0 Å². The van der Waals surface area contributed by atoms with Crippen molar-refractivity contribution in [3.05, 3.63) is 48.0 Å². The predicted molar refractivity (Wildman–Crippen MR) is 81.0 cm³/mol. The van der Waals surface area contributed by atoms with E-state index in [1.54, 1.807) is 6.20 Å². The lowest BCUT2D eigenvalue weighted by Crippen LogP contribution is -2.18. The maximum atomic E-state index is 5.73. The maximum absolute atomic E-state index is 5.73. The molecule has 0 bridgehead atoms. The molecular weight excluding hydrogens is 250 g/mol. The van der Waals surface area contributed by atoms with E-state index in [0.29, 0.717) is 12.6 Å². The van der Waals surface area contributed by atoms with Crippen molar-refractivity contribution in [2.45, 2.75) is 33.4 Å². The van der Waals surface area contributed by atoms with Gasteiger partial charge in [-0.1, -0.05) is 13.0 Å². The van der Waals surface area contributed by atoms with E-state index in [-0.39, 0.29) is 0 Å². The quantitative estimate of drug-likeness (QED) is 0.843. The van der Waals surface area contributed by atoms with E-state index in [2.05, 4.69) is 46.9 Å². The van der Waals surface area contributed by atoms with Gasteiger partial charge in [-0.2, -0.15) is 0 Å². The molecule has 1 unspecified atom stereocenters. The Labute approximate surface area is 120 Å². The molecule has 0 fully saturated rings. The number of ether oxygens (including phenoxy) is 1. The van der Waals surface area contributed by atoms with Crippen molar-refractivity contribution in [1.82, 2.24) is 14.9 Å². The molecule has 0 aliphatic heterocycles. The minimum absolute atomic E-state index is 0.345. The van der Waals surface area contributed by atoms with E-state index in [1.807, 2.05) is 19.4 Å². The third kappa shape index (κ3) is 3.61. The topological polar surface area (TPSA) is 39.1 Å². The minimum Gasteiger partial charge on any atom is -0.494 e. The highest BCUT2D eigenvalue weighted by Gasteiger charge is 2.09. The minimum atomic E-state index is 0.345. The first-order chi connectivity index (χ1) is 9.74. The fraction of sp³-hybridized carbons (Fsp3) is 0.438. The summed E-state index contributed by atoms with van der Waals surface area (Å²) >= 11 is 0. The molecule has 1 heterocycles. The summed E-state index contributed by atoms with van der Waals surface area (Å²) in [5, 5.41) is 3.44. The van der Waals surface area contributed by atoms with E-state index in [9.17, 15) is 0 Å². The van der Waals surface area contributed by atoms with E-state index in [0.717, 1.165) is 18.8 Å². The summed E-state index contributed by atoms with van der Waals surface area (Å²) in [6, 6.07) is 6.77. The monoisotopic (exact) mass is 273 g/mol. The fourth-order valence-electron chi connectivity index (χ4n) is 2.29. The van der Waals surface area contributed by atoms with Crippen LogP contribution < -0.4 is 10.1 Å². The summed E-state index contributed by atoms with van der Waals surface area (Å²) in [4.78, 5) is 4.09. The molecule has 2 rings (SSSR count). The van der Waals surface area contributed by atoms with Gasteiger partial charge in [0.25, 0.3) is 0 Å². The first-order valence-electron chi connectivity index (χ1n) is 7.19. The maximum Gasteiger partial charge on any atom is 0.124 e. The smallest absolute Gasteiger partial charge is 0.124 e. The Morgan fingerprint density at radius 3 is 2.85 bits per heavy atom. The van der Waals surface area contributed by atoms with E-state index < -0.39 is 0 Å². The Bertz CT molecular complexity index is 523. The molecule has 20 heavy (non-hydrogen) atoms. The predicted octanol–water partition coefficient (Wildman–Crippen LogP) is 3.00. The van der Waals surface area contributed by atoms with Crippen molar-refractivity contribution in [2.24, 2.45) is 0 Å². The molecule has 2 aromatic rings. The number of hydrogen-bond donors (Lipinski definition) is 1. The van der Waals surface area contributed by atoms with Gasteiger partial charge < -0.3 is 14.6 Å². The third-order valence-electron chi connectivity index (χ3n) is 3.31. The molecule has 1 aromatic heterocycles. The molecule has 0 saturated carbocycles. The van der Waals surface area contributed by atoms with Crippen LogP contribution in [0, 0.1) is 0 Å². The van der Waals surface area contributed by atoms with Crippen LogP contribution >= 0.6 is 0 Å². The fourth-order valence-corrected chi connectivity index (χ4v) is 2.29. The second-order valence-electron chi connectivity index (χ2n) is 4.81. The normalized spacial score (nSPS) is 12.3. The summed E-state index contributed by atoms with van der Waals surface area (Å²) in [7, 11) is 0. The highest BCUT2D eigenvalue weighted by molar-refractivity contribution is 5.38. The number of benzene rings is 1. The molecular formula is C16H23N3O. The van der Waals surface area contributed by atoms with Gasteiger partial charge in [-0.15, -0.1) is 0 Å². The summed E-state index contributed by atoms with van der Waals surface area (Å²) in [5.41, 5.74) is 2.47. The second-order valence-corrected chi connectivity index (χ2v) is 4.81. The molecule has 1 atom stereocenters. The highest BCUT2D eigenvalue weighted by atomic mass is 16.5. The molecule has 1 aromatic carbocycles. The number of rotatable bonds is 7. The van der Waals surface area contributed by atoms with Crippen LogP contribution in [0.1, 0.15) is 37.9 Å². The standard InChI is InChI=1S/C16H23N3O/c1-4-18-13(3)14-6-7-16(20-5-2)15(10-14)11-19-9-8-17-12-19/h6-10,12-13,18H,4-5,11H2,1-3H3. The van der Waals surface area contributed by atoms with Gasteiger partial charge in [0.2, 0.25) is 0 Å². The van der Waals surface area contributed by atoms with Gasteiger partial charge in [-0.3, -0.25) is 0 Å². The van der Waals surface area contributed by atoms with Crippen LogP contribution in [0.2, 0.25) is 0 Å². The van der Waals surface area contributed by atoms with E-state index >= 15 is 0 Å². The van der Waals surface area contributed by atoms with E-state index in [4.69, 9.17) is 4.74 Å². The number of aromatic nitrogens is 2. The average molecular weight is 273 g/mol. The molecule has 4 heteroatoms. The molecule has 0 radical (unpaired) electrons. The molecule has 4 nitrogen and oxygen atoms in total. The lowest BCUT2D eigenvalue weighted by Gasteiger charge is -2.17. The van der Waals surface area contributed by atoms with Crippen molar-refractivity contribution in [2.75, 3.05) is 13.2 Å². The van der Waals surface area contributed by atoms with Gasteiger partial charge in [-0.25, -0.2) is 4.98 Å². The van der Waals surface area contributed by atoms with Gasteiger partial charge in [0.15, 0.2) is 0 Å². The van der Waals surface area contributed by atoms with Crippen molar-refractivity contribution < 1.29 is 4.74 Å². The summed E-state index contributed by atoms with van der Waals surface area (Å²) in [5.74, 6) is 0.952. The summed E-state index contributed by atoms with van der Waals surface area (Å²) in [6.45, 7) is 8.74. The van der Waals surface area contributed by atoms with Crippen molar-refractivity contribution in [3.63, 3.8) is 0 Å². The Hall–Kier alpha value is -1.81. The average Bonchev–Trinajstić information content (AvgIpc) is 2.94. The molecule has 0 aliphatic carbocycles. The zero-order valence-electron chi connectivity index (χ0n) is 12.5. The van der Waals surface area contributed by atoms with Crippen molar-refractivity contribution in [1.29, 1.82) is 0 Å². The van der Waals surface area contributed by atoms with Crippen LogP contribution in [0.25, 0.3) is 0 Å². The second kappa shape index (κ2) is 7.10. The van der Waals surface area contributed by atoms with Gasteiger partial charge in [0, 0.05) is 24.0 Å². The summed E-state index contributed by atoms with van der Waals surface area (Å²) in [6.07, 6.45) is 5.59. The van der Waals surface area contributed by atoms with Crippen molar-refractivity contribution >= 4 is 0 Å². The highest BCUT2D eigenvalue weighted by Crippen LogP contribution is 2.24. The van der Waals surface area contributed by atoms with Gasteiger partial charge >= 0.3 is 0 Å². The Morgan fingerprint density at radius 1 is 1.35 bits per heavy atom. The Morgan fingerprint density at radius 2 is 2.20 bits per heavy atom. The van der Waals surface area contributed by atoms with Crippen molar-refractivity contribution in [3.8, 4) is 5.75 Å². The van der Waals surface area contributed by atoms with E-state index in [1.165, 1.54) is 11.1 Å². The molecule has 108 valence electrons. The van der Waals surface area contributed by atoms with Crippen LogP contribution in [0.15, 0.2) is 36.9 Å². The molecule has 0 spiro atoms. The largest absolute Gasteiger partial charge is 0.494 e. The molecule has 0 amide bonds. The van der Waals surface area contributed by atoms with Crippen LogP contribution in [0.5, 0.6) is 5.75 Å². The molecule has 0 aliphatic rings. The number of nitrogens with one attached hydrogen (secondary N) is 1. The first-order valence-corrected chi connectivity index (χ1v) is 7.19. The Balaban J connectivity index is 2.26. The third-order valence-corrected chi connectivity index (χ3v) is 3.31. The number of hydrogen-bond acceptors (Lipinski definition) is 3.